The summed E-state index contributed by atoms with van der Waals surface area (Å²) >= 11 is 0. The standard InChI is InChI=1S/C52H36N6/c1-5-19-37(20-6-1)55(38-21-7-2-8-22-38)41-27-17-29-43(35-41)57-47-33-15-13-31-45(47)49-51(57)52-50(54-53-49)46-32-14-16-34-48(46)58(52)44-30-18-28-42(36-44)56(39-23-9-3-10-24-39)40-25-11-4-12-26-40/h1-36H. The number of fused-ring (bicyclic) bond motifs is 7. The molecule has 0 spiro atoms. The first-order valence-electron chi connectivity index (χ1n) is 19.5. The van der Waals surface area contributed by atoms with Crippen LogP contribution < -0.4 is 9.80 Å². The topological polar surface area (TPSA) is 42.1 Å². The van der Waals surface area contributed by atoms with E-state index < -0.39 is 0 Å². The second-order valence-electron chi connectivity index (χ2n) is 14.4. The van der Waals surface area contributed by atoms with Crippen molar-refractivity contribution in [3.05, 3.63) is 218 Å². The van der Waals surface area contributed by atoms with E-state index in [1.54, 1.807) is 0 Å². The summed E-state index contributed by atoms with van der Waals surface area (Å²) in [5, 5.41) is 12.1. The van der Waals surface area contributed by atoms with Gasteiger partial charge in [-0.15, -0.1) is 10.2 Å². The third kappa shape index (κ3) is 5.50. The molecular weight excluding hydrogens is 709 g/mol. The Labute approximate surface area is 335 Å². The average Bonchev–Trinajstić information content (AvgIpc) is 3.82. The molecule has 0 amide bonds. The van der Waals surface area contributed by atoms with Crippen molar-refractivity contribution in [1.29, 1.82) is 0 Å². The van der Waals surface area contributed by atoms with Crippen molar-refractivity contribution in [3.63, 3.8) is 0 Å². The van der Waals surface area contributed by atoms with Crippen LogP contribution >= 0.6 is 0 Å². The minimum atomic E-state index is 0.854. The molecule has 0 aliphatic heterocycles. The Morgan fingerprint density at radius 3 is 0.966 bits per heavy atom. The molecule has 11 rings (SSSR count). The Hall–Kier alpha value is -7.96. The summed E-state index contributed by atoms with van der Waals surface area (Å²) in [7, 11) is 0. The first-order chi connectivity index (χ1) is 28.8. The molecule has 6 heteroatoms. The summed E-state index contributed by atoms with van der Waals surface area (Å²) < 4.78 is 4.75. The monoisotopic (exact) mass is 744 g/mol. The summed E-state index contributed by atoms with van der Waals surface area (Å²) in [6, 6.07) is 76.9. The van der Waals surface area contributed by atoms with Gasteiger partial charge in [0.15, 0.2) is 0 Å². The second kappa shape index (κ2) is 14.0. The van der Waals surface area contributed by atoms with Crippen LogP contribution in [-0.2, 0) is 0 Å². The lowest BCUT2D eigenvalue weighted by atomic mass is 10.1. The molecule has 11 aromatic rings. The molecule has 0 saturated heterocycles. The van der Waals surface area contributed by atoms with Gasteiger partial charge in [-0.25, -0.2) is 0 Å². The maximum atomic E-state index is 5.02. The SMILES string of the molecule is c1ccc(N(c2ccccc2)c2cccc(-n3c4ccccc4c4nnc5c6ccccc6n(-c6cccc(N(c7ccccc7)c7ccccc7)c6)c5c43)c2)cc1. The predicted octanol–water partition coefficient (Wildman–Crippen LogP) is 13.6. The van der Waals surface area contributed by atoms with E-state index in [9.17, 15) is 0 Å². The molecule has 0 saturated carbocycles. The van der Waals surface area contributed by atoms with Crippen LogP contribution in [0.5, 0.6) is 0 Å². The molecule has 0 atom stereocenters. The van der Waals surface area contributed by atoms with E-state index >= 15 is 0 Å². The Bertz CT molecular complexity index is 2930. The summed E-state index contributed by atoms with van der Waals surface area (Å²) in [5.41, 5.74) is 14.3. The Balaban J connectivity index is 1.19. The summed E-state index contributed by atoms with van der Waals surface area (Å²) in [5.74, 6) is 0. The number of rotatable bonds is 8. The highest BCUT2D eigenvalue weighted by atomic mass is 15.2. The molecule has 58 heavy (non-hydrogen) atoms. The predicted molar refractivity (Wildman–Crippen MR) is 240 cm³/mol. The lowest BCUT2D eigenvalue weighted by Crippen LogP contribution is -2.10. The van der Waals surface area contributed by atoms with Gasteiger partial charge in [-0.1, -0.05) is 121 Å². The van der Waals surface area contributed by atoms with Gasteiger partial charge in [0.1, 0.15) is 22.1 Å². The number of benzene rings is 8. The third-order valence-corrected chi connectivity index (χ3v) is 10.9. The van der Waals surface area contributed by atoms with Gasteiger partial charge < -0.3 is 18.9 Å². The summed E-state index contributed by atoms with van der Waals surface area (Å²) in [4.78, 5) is 4.61. The van der Waals surface area contributed by atoms with Gasteiger partial charge in [0.05, 0.1) is 11.0 Å². The maximum absolute atomic E-state index is 5.02. The van der Waals surface area contributed by atoms with Crippen molar-refractivity contribution < 1.29 is 0 Å². The van der Waals surface area contributed by atoms with Crippen LogP contribution in [0.2, 0.25) is 0 Å². The molecular formula is C52H36N6. The summed E-state index contributed by atoms with van der Waals surface area (Å²) in [6.45, 7) is 0. The number of hydrogen-bond donors (Lipinski definition) is 0. The molecule has 3 heterocycles. The fourth-order valence-electron chi connectivity index (χ4n) is 8.47. The van der Waals surface area contributed by atoms with E-state index in [2.05, 4.69) is 237 Å². The molecule has 8 aromatic carbocycles. The van der Waals surface area contributed by atoms with Gasteiger partial charge in [-0.3, -0.25) is 0 Å². The van der Waals surface area contributed by atoms with Gasteiger partial charge >= 0.3 is 0 Å². The molecule has 6 nitrogen and oxygen atoms in total. The Morgan fingerprint density at radius 2 is 0.603 bits per heavy atom. The highest BCUT2D eigenvalue weighted by molar-refractivity contribution is 6.20. The van der Waals surface area contributed by atoms with Gasteiger partial charge in [-0.05, 0) is 97.1 Å². The number of anilines is 6. The van der Waals surface area contributed by atoms with E-state index in [0.29, 0.717) is 0 Å². The lowest BCUT2D eigenvalue weighted by Gasteiger charge is -2.26. The Kier molecular flexibility index (Phi) is 8.04. The zero-order chi connectivity index (χ0) is 38.4. The summed E-state index contributed by atoms with van der Waals surface area (Å²) in [6.07, 6.45) is 0. The van der Waals surface area contributed by atoms with E-state index in [1.807, 2.05) is 0 Å². The lowest BCUT2D eigenvalue weighted by molar-refractivity contribution is 1.10. The van der Waals surface area contributed by atoms with Crippen molar-refractivity contribution in [2.24, 2.45) is 0 Å². The van der Waals surface area contributed by atoms with Crippen LogP contribution in [-0.4, -0.2) is 19.3 Å². The molecule has 0 fully saturated rings. The quantitative estimate of drug-likeness (QED) is 0.155. The smallest absolute Gasteiger partial charge is 0.121 e. The average molecular weight is 745 g/mol. The van der Waals surface area contributed by atoms with Crippen molar-refractivity contribution in [1.82, 2.24) is 19.3 Å². The Morgan fingerprint density at radius 1 is 0.293 bits per heavy atom. The van der Waals surface area contributed by atoms with Crippen molar-refractivity contribution in [3.8, 4) is 11.4 Å². The first kappa shape index (κ1) is 33.4. The van der Waals surface area contributed by atoms with Crippen LogP contribution in [0.3, 0.4) is 0 Å². The van der Waals surface area contributed by atoms with Gasteiger partial charge in [0, 0.05) is 56.3 Å². The van der Waals surface area contributed by atoms with Crippen LogP contribution in [0.25, 0.3) is 55.2 Å². The zero-order valence-electron chi connectivity index (χ0n) is 31.5. The van der Waals surface area contributed by atoms with Gasteiger partial charge in [-0.2, -0.15) is 0 Å². The molecule has 0 bridgehead atoms. The number of hydrogen-bond acceptors (Lipinski definition) is 4. The normalized spacial score (nSPS) is 11.4. The fourth-order valence-corrected chi connectivity index (χ4v) is 8.47. The molecule has 0 radical (unpaired) electrons. The largest absolute Gasteiger partial charge is 0.310 e. The fraction of sp³-hybridized carbons (Fsp3) is 0. The third-order valence-electron chi connectivity index (χ3n) is 10.9. The highest BCUT2D eigenvalue weighted by Crippen LogP contribution is 2.42. The van der Waals surface area contributed by atoms with Gasteiger partial charge in [0.25, 0.3) is 0 Å². The molecule has 0 unspecified atom stereocenters. The minimum absolute atomic E-state index is 0.854. The van der Waals surface area contributed by atoms with Crippen LogP contribution in [0.1, 0.15) is 0 Å². The number of para-hydroxylation sites is 6. The van der Waals surface area contributed by atoms with Crippen molar-refractivity contribution in [2.75, 3.05) is 9.80 Å². The minimum Gasteiger partial charge on any atom is -0.310 e. The van der Waals surface area contributed by atoms with Crippen LogP contribution in [0, 0.1) is 0 Å². The number of aromatic nitrogens is 4. The van der Waals surface area contributed by atoms with E-state index in [-0.39, 0.29) is 0 Å². The highest BCUT2D eigenvalue weighted by Gasteiger charge is 2.24. The molecule has 274 valence electrons. The maximum Gasteiger partial charge on any atom is 0.121 e. The van der Waals surface area contributed by atoms with E-state index in [0.717, 1.165) is 89.4 Å². The number of nitrogens with zero attached hydrogens (tertiary/aromatic N) is 6. The van der Waals surface area contributed by atoms with Gasteiger partial charge in [0.2, 0.25) is 0 Å². The first-order valence-corrected chi connectivity index (χ1v) is 19.5. The molecule has 0 aliphatic carbocycles. The zero-order valence-corrected chi connectivity index (χ0v) is 31.5. The molecule has 3 aromatic heterocycles. The van der Waals surface area contributed by atoms with E-state index in [4.69, 9.17) is 10.2 Å². The van der Waals surface area contributed by atoms with Crippen molar-refractivity contribution >= 4 is 78.0 Å². The molecule has 0 N–H and O–H groups in total. The van der Waals surface area contributed by atoms with E-state index in [1.165, 1.54) is 0 Å². The van der Waals surface area contributed by atoms with Crippen LogP contribution in [0.15, 0.2) is 218 Å². The second-order valence-corrected chi connectivity index (χ2v) is 14.4. The van der Waals surface area contributed by atoms with Crippen molar-refractivity contribution in [2.45, 2.75) is 0 Å². The molecule has 0 aliphatic rings. The van der Waals surface area contributed by atoms with Crippen LogP contribution in [0.4, 0.5) is 34.1 Å².